The Morgan fingerprint density at radius 1 is 0.242 bits per heavy atom. The standard InChI is InChI=1S/C84H51N7/c85-52-54-33-37-56(38-34-54)60-41-43-81-73(47-60)74-48-61(57-39-35-55(53-86)36-40-57)42-44-82(74)91(81)83-71(62-21-15-23-65(45-62)89-77-29-11-7-25-67(77)68-26-8-12-30-78(68)89)49-64(76-51-75(58-17-3-1-4-18-58)87-84(88-76)59-19-5-2-6-20-59)50-72(83)63-22-16-24-66(46-63)90-79-31-13-9-27-69(79)70-28-10-14-32-80(70)90/h1-51H. The topological polar surface area (TPSA) is 88.2 Å². The second-order valence-electron chi connectivity index (χ2n) is 23.1. The van der Waals surface area contributed by atoms with Gasteiger partial charge in [-0.25, -0.2) is 9.97 Å². The Kier molecular flexibility index (Phi) is 12.5. The fourth-order valence-corrected chi connectivity index (χ4v) is 13.7. The highest BCUT2D eigenvalue weighted by Gasteiger charge is 2.25. The van der Waals surface area contributed by atoms with Crippen molar-refractivity contribution in [3.05, 3.63) is 321 Å². The molecule has 0 spiro atoms. The van der Waals surface area contributed by atoms with Crippen LogP contribution in [0.2, 0.25) is 0 Å². The maximum absolute atomic E-state index is 9.85. The molecule has 422 valence electrons. The number of hydrogen-bond acceptors (Lipinski definition) is 4. The molecule has 0 amide bonds. The van der Waals surface area contributed by atoms with Gasteiger partial charge in [0.2, 0.25) is 0 Å². The highest BCUT2D eigenvalue weighted by Crippen LogP contribution is 2.47. The molecule has 0 fully saturated rings. The third-order valence-electron chi connectivity index (χ3n) is 17.9. The molecule has 0 radical (unpaired) electrons. The third kappa shape index (κ3) is 8.96. The summed E-state index contributed by atoms with van der Waals surface area (Å²) in [4.78, 5) is 10.8. The minimum atomic E-state index is 0.607. The second kappa shape index (κ2) is 21.6. The average Bonchev–Trinajstić information content (AvgIpc) is 1.69. The van der Waals surface area contributed by atoms with E-state index in [2.05, 4.69) is 262 Å². The lowest BCUT2D eigenvalue weighted by molar-refractivity contribution is 1.16. The summed E-state index contributed by atoms with van der Waals surface area (Å²) in [7, 11) is 0. The van der Waals surface area contributed by atoms with Crippen molar-refractivity contribution >= 4 is 65.4 Å². The van der Waals surface area contributed by atoms with E-state index in [0.717, 1.165) is 134 Å². The molecule has 4 heterocycles. The molecule has 17 aromatic rings. The lowest BCUT2D eigenvalue weighted by Crippen LogP contribution is -2.04. The number of hydrogen-bond donors (Lipinski definition) is 0. The van der Waals surface area contributed by atoms with E-state index in [9.17, 15) is 10.5 Å². The molecular formula is C84H51N7. The van der Waals surface area contributed by atoms with Crippen molar-refractivity contribution in [3.8, 4) is 108 Å². The van der Waals surface area contributed by atoms with Crippen molar-refractivity contribution in [3.63, 3.8) is 0 Å². The molecule has 0 saturated carbocycles. The van der Waals surface area contributed by atoms with Crippen molar-refractivity contribution in [2.24, 2.45) is 0 Å². The Bertz CT molecular complexity index is 5380. The number of rotatable bonds is 10. The lowest BCUT2D eigenvalue weighted by atomic mass is 9.91. The lowest BCUT2D eigenvalue weighted by Gasteiger charge is -2.22. The molecule has 0 bridgehead atoms. The van der Waals surface area contributed by atoms with Gasteiger partial charge in [-0.15, -0.1) is 0 Å². The first kappa shape index (κ1) is 52.6. The summed E-state index contributed by atoms with van der Waals surface area (Å²) in [6.07, 6.45) is 0. The first-order chi connectivity index (χ1) is 45.0. The van der Waals surface area contributed by atoms with Crippen LogP contribution in [0.5, 0.6) is 0 Å². The maximum Gasteiger partial charge on any atom is 0.160 e. The maximum atomic E-state index is 9.85. The molecule has 0 aliphatic rings. The van der Waals surface area contributed by atoms with Gasteiger partial charge in [-0.3, -0.25) is 0 Å². The summed E-state index contributed by atoms with van der Waals surface area (Å²) in [6, 6.07) is 114. The number of para-hydroxylation sites is 4. The average molecular weight is 1160 g/mol. The number of nitrogens with zero attached hydrogens (tertiary/aromatic N) is 7. The van der Waals surface area contributed by atoms with Gasteiger partial charge in [0.25, 0.3) is 0 Å². The van der Waals surface area contributed by atoms with Gasteiger partial charge in [-0.05, 0) is 149 Å². The molecule has 0 aliphatic carbocycles. The van der Waals surface area contributed by atoms with Crippen LogP contribution < -0.4 is 0 Å². The van der Waals surface area contributed by atoms with Gasteiger partial charge in [0.05, 0.1) is 73.4 Å². The summed E-state index contributed by atoms with van der Waals surface area (Å²) in [5, 5.41) is 26.6. The molecule has 0 saturated heterocycles. The van der Waals surface area contributed by atoms with Gasteiger partial charge in [0, 0.05) is 71.5 Å². The summed E-state index contributed by atoms with van der Waals surface area (Å²) in [5.74, 6) is 0.629. The molecular weight excluding hydrogens is 1110 g/mol. The highest BCUT2D eigenvalue weighted by atomic mass is 15.0. The highest BCUT2D eigenvalue weighted by molar-refractivity contribution is 6.14. The van der Waals surface area contributed by atoms with E-state index < -0.39 is 0 Å². The first-order valence-electron chi connectivity index (χ1n) is 30.5. The smallest absolute Gasteiger partial charge is 0.160 e. The Balaban J connectivity index is 1.01. The van der Waals surface area contributed by atoms with Crippen LogP contribution in [-0.2, 0) is 0 Å². The van der Waals surface area contributed by atoms with Crippen molar-refractivity contribution in [2.75, 3.05) is 0 Å². The van der Waals surface area contributed by atoms with Crippen LogP contribution in [0.25, 0.3) is 161 Å². The Morgan fingerprint density at radius 2 is 0.604 bits per heavy atom. The Hall–Kier alpha value is -12.7. The monoisotopic (exact) mass is 1160 g/mol. The number of benzene rings is 13. The molecule has 0 unspecified atom stereocenters. The summed E-state index contributed by atoms with van der Waals surface area (Å²) < 4.78 is 7.27. The van der Waals surface area contributed by atoms with Crippen LogP contribution in [0.15, 0.2) is 309 Å². The van der Waals surface area contributed by atoms with Gasteiger partial charge >= 0.3 is 0 Å². The van der Waals surface area contributed by atoms with E-state index in [-0.39, 0.29) is 0 Å². The molecule has 0 aliphatic heterocycles. The van der Waals surface area contributed by atoms with E-state index in [0.29, 0.717) is 17.0 Å². The van der Waals surface area contributed by atoms with Crippen LogP contribution >= 0.6 is 0 Å². The largest absolute Gasteiger partial charge is 0.309 e. The second-order valence-corrected chi connectivity index (χ2v) is 23.1. The van der Waals surface area contributed by atoms with E-state index in [1.165, 1.54) is 21.5 Å². The van der Waals surface area contributed by atoms with Gasteiger partial charge in [0.15, 0.2) is 5.82 Å². The van der Waals surface area contributed by atoms with E-state index in [1.54, 1.807) is 0 Å². The van der Waals surface area contributed by atoms with Gasteiger partial charge in [0.1, 0.15) is 0 Å². The van der Waals surface area contributed by atoms with E-state index in [1.807, 2.05) is 72.8 Å². The Morgan fingerprint density at radius 3 is 1.03 bits per heavy atom. The predicted molar refractivity (Wildman–Crippen MR) is 373 cm³/mol. The molecule has 0 atom stereocenters. The number of aromatic nitrogens is 5. The molecule has 7 nitrogen and oxygen atoms in total. The van der Waals surface area contributed by atoms with Crippen molar-refractivity contribution in [1.29, 1.82) is 10.5 Å². The molecule has 0 N–H and O–H groups in total. The molecule has 7 heteroatoms. The van der Waals surface area contributed by atoms with Crippen molar-refractivity contribution < 1.29 is 0 Å². The summed E-state index contributed by atoms with van der Waals surface area (Å²) >= 11 is 0. The zero-order valence-electron chi connectivity index (χ0n) is 49.1. The van der Waals surface area contributed by atoms with Gasteiger partial charge in [-0.2, -0.15) is 10.5 Å². The third-order valence-corrected chi connectivity index (χ3v) is 17.9. The van der Waals surface area contributed by atoms with Crippen LogP contribution in [0, 0.1) is 22.7 Å². The molecule has 17 rings (SSSR count). The fraction of sp³-hybridized carbons (Fsp3) is 0. The predicted octanol–water partition coefficient (Wildman–Crippen LogP) is 21.2. The Labute approximate surface area is 524 Å². The SMILES string of the molecule is N#Cc1ccc(-c2ccc3c(c2)c2cc(-c4ccc(C#N)cc4)ccc2n3-c2c(-c3cccc(-n4c5ccccc5c5ccccc54)c3)cc(-c3cc(-c4ccccc4)nc(-c4ccccc4)n3)cc2-c2cccc(-n3c4ccccc4c4ccccc43)c2)cc1. The van der Waals surface area contributed by atoms with Crippen molar-refractivity contribution in [1.82, 2.24) is 23.7 Å². The molecule has 13 aromatic carbocycles. The number of nitriles is 2. The van der Waals surface area contributed by atoms with Crippen LogP contribution in [-0.4, -0.2) is 23.7 Å². The van der Waals surface area contributed by atoms with Gasteiger partial charge < -0.3 is 13.7 Å². The number of fused-ring (bicyclic) bond motifs is 9. The molecule has 91 heavy (non-hydrogen) atoms. The quantitative estimate of drug-likeness (QED) is 0.136. The summed E-state index contributed by atoms with van der Waals surface area (Å²) in [5.41, 5.74) is 23.3. The van der Waals surface area contributed by atoms with Gasteiger partial charge in [-0.1, -0.05) is 194 Å². The van der Waals surface area contributed by atoms with Crippen molar-refractivity contribution in [2.45, 2.75) is 0 Å². The van der Waals surface area contributed by atoms with Crippen LogP contribution in [0.4, 0.5) is 0 Å². The van der Waals surface area contributed by atoms with E-state index in [4.69, 9.17) is 9.97 Å². The van der Waals surface area contributed by atoms with E-state index >= 15 is 0 Å². The normalized spacial score (nSPS) is 11.5. The molecule has 4 aromatic heterocycles. The summed E-state index contributed by atoms with van der Waals surface area (Å²) in [6.45, 7) is 0. The minimum absolute atomic E-state index is 0.607. The zero-order valence-corrected chi connectivity index (χ0v) is 49.1. The van der Waals surface area contributed by atoms with Crippen LogP contribution in [0.1, 0.15) is 11.1 Å². The fourth-order valence-electron chi connectivity index (χ4n) is 13.7. The minimum Gasteiger partial charge on any atom is -0.309 e. The zero-order chi connectivity index (χ0) is 60.5. The van der Waals surface area contributed by atoms with Crippen LogP contribution in [0.3, 0.4) is 0 Å². The first-order valence-corrected chi connectivity index (χ1v) is 30.5.